The molecule has 2 N–H and O–H groups in total. The van der Waals surface area contributed by atoms with Crippen LogP contribution in [0.5, 0.6) is 0 Å². The second-order valence-corrected chi connectivity index (χ2v) is 3.68. The number of nitrogens with two attached hydrogens (primary N) is 1. The van der Waals surface area contributed by atoms with E-state index in [1.165, 1.54) is 26.1 Å². The Hall–Kier alpha value is -0.0800. The van der Waals surface area contributed by atoms with E-state index in [0.29, 0.717) is 6.04 Å². The summed E-state index contributed by atoms with van der Waals surface area (Å²) in [5.74, 6) is 1.80. The van der Waals surface area contributed by atoms with Gasteiger partial charge in [-0.3, -0.25) is 0 Å². The van der Waals surface area contributed by atoms with Crippen molar-refractivity contribution < 1.29 is 0 Å². The van der Waals surface area contributed by atoms with Crippen molar-refractivity contribution in [2.75, 3.05) is 19.6 Å². The highest BCUT2D eigenvalue weighted by Crippen LogP contribution is 2.39. The third kappa shape index (κ3) is 0.789. The second-order valence-electron chi connectivity index (χ2n) is 3.68. The fourth-order valence-electron chi connectivity index (χ4n) is 2.31. The third-order valence-corrected chi connectivity index (χ3v) is 3.14. The minimum absolute atomic E-state index is 0.529. The zero-order chi connectivity index (χ0) is 7.14. The molecule has 0 amide bonds. The standard InChI is InChI=1S/C8H16N2/c1-2-10-4-6-3-8(9)7(6)5-10/h6-8H,2-5,9H2,1H3. The first-order valence-corrected chi connectivity index (χ1v) is 4.29. The van der Waals surface area contributed by atoms with Crippen LogP contribution in [0.1, 0.15) is 13.3 Å². The van der Waals surface area contributed by atoms with E-state index in [9.17, 15) is 0 Å². The molecule has 1 aliphatic heterocycles. The van der Waals surface area contributed by atoms with E-state index < -0.39 is 0 Å². The van der Waals surface area contributed by atoms with Gasteiger partial charge in [-0.1, -0.05) is 6.92 Å². The van der Waals surface area contributed by atoms with E-state index in [0.717, 1.165) is 11.8 Å². The molecule has 10 heavy (non-hydrogen) atoms. The summed E-state index contributed by atoms with van der Waals surface area (Å²) in [6.07, 6.45) is 1.28. The highest BCUT2D eigenvalue weighted by atomic mass is 15.2. The molecule has 2 rings (SSSR count). The first kappa shape index (κ1) is 6.62. The molecule has 3 atom stereocenters. The lowest BCUT2D eigenvalue weighted by atomic mass is 9.72. The number of hydrogen-bond donors (Lipinski definition) is 1. The Balaban J connectivity index is 1.93. The van der Waals surface area contributed by atoms with Gasteiger partial charge >= 0.3 is 0 Å². The first-order chi connectivity index (χ1) is 4.81. The maximum absolute atomic E-state index is 5.85. The van der Waals surface area contributed by atoms with Gasteiger partial charge in [0.25, 0.3) is 0 Å². The number of rotatable bonds is 1. The number of fused-ring (bicyclic) bond motifs is 1. The van der Waals surface area contributed by atoms with E-state index in [1.807, 2.05) is 0 Å². The number of hydrogen-bond acceptors (Lipinski definition) is 2. The Bertz CT molecular complexity index is 135. The van der Waals surface area contributed by atoms with Crippen LogP contribution in [0.25, 0.3) is 0 Å². The first-order valence-electron chi connectivity index (χ1n) is 4.29. The lowest BCUT2D eigenvalue weighted by molar-refractivity contribution is 0.194. The molecule has 2 heteroatoms. The van der Waals surface area contributed by atoms with Gasteiger partial charge in [0, 0.05) is 19.1 Å². The van der Waals surface area contributed by atoms with Crippen molar-refractivity contribution in [3.8, 4) is 0 Å². The van der Waals surface area contributed by atoms with Crippen LogP contribution in [0, 0.1) is 11.8 Å². The average Bonchev–Trinajstić information content (AvgIpc) is 2.26. The summed E-state index contributed by atoms with van der Waals surface area (Å²) in [6.45, 7) is 6.02. The lowest BCUT2D eigenvalue weighted by Gasteiger charge is -2.36. The minimum atomic E-state index is 0.529. The van der Waals surface area contributed by atoms with Gasteiger partial charge in [0.05, 0.1) is 0 Å². The normalized spacial score (nSPS) is 46.8. The van der Waals surface area contributed by atoms with Crippen LogP contribution < -0.4 is 5.73 Å². The molecule has 0 aromatic heterocycles. The van der Waals surface area contributed by atoms with Crippen LogP contribution in [0.15, 0.2) is 0 Å². The van der Waals surface area contributed by atoms with Gasteiger partial charge in [-0.15, -0.1) is 0 Å². The monoisotopic (exact) mass is 140 g/mol. The highest BCUT2D eigenvalue weighted by Gasteiger charge is 2.44. The lowest BCUT2D eigenvalue weighted by Crippen LogP contribution is -2.46. The fourth-order valence-corrected chi connectivity index (χ4v) is 2.31. The Morgan fingerprint density at radius 3 is 2.80 bits per heavy atom. The Morgan fingerprint density at radius 2 is 2.30 bits per heavy atom. The van der Waals surface area contributed by atoms with Crippen LogP contribution in [0.3, 0.4) is 0 Å². The van der Waals surface area contributed by atoms with Crippen molar-refractivity contribution in [2.45, 2.75) is 19.4 Å². The number of nitrogens with zero attached hydrogens (tertiary/aromatic N) is 1. The van der Waals surface area contributed by atoms with Crippen molar-refractivity contribution in [2.24, 2.45) is 17.6 Å². The zero-order valence-corrected chi connectivity index (χ0v) is 6.59. The molecule has 58 valence electrons. The van der Waals surface area contributed by atoms with Gasteiger partial charge in [-0.2, -0.15) is 0 Å². The molecule has 0 spiro atoms. The number of likely N-dealkylation sites (tertiary alicyclic amines) is 1. The summed E-state index contributed by atoms with van der Waals surface area (Å²) in [5.41, 5.74) is 5.85. The SMILES string of the molecule is CCN1CC2CC(N)C2C1. The average molecular weight is 140 g/mol. The Morgan fingerprint density at radius 1 is 1.50 bits per heavy atom. The summed E-state index contributed by atoms with van der Waals surface area (Å²) >= 11 is 0. The molecule has 0 bridgehead atoms. The molecular weight excluding hydrogens is 124 g/mol. The summed E-state index contributed by atoms with van der Waals surface area (Å²) in [4.78, 5) is 2.52. The van der Waals surface area contributed by atoms with Gasteiger partial charge in [0.2, 0.25) is 0 Å². The van der Waals surface area contributed by atoms with E-state index in [4.69, 9.17) is 5.73 Å². The maximum atomic E-state index is 5.85. The van der Waals surface area contributed by atoms with E-state index >= 15 is 0 Å². The van der Waals surface area contributed by atoms with E-state index in [1.54, 1.807) is 0 Å². The van der Waals surface area contributed by atoms with Gasteiger partial charge in [0.1, 0.15) is 0 Å². The summed E-state index contributed by atoms with van der Waals surface area (Å²) in [7, 11) is 0. The molecule has 1 heterocycles. The van der Waals surface area contributed by atoms with E-state index in [2.05, 4.69) is 11.8 Å². The molecule has 0 aromatic rings. The maximum Gasteiger partial charge on any atom is 0.00857 e. The highest BCUT2D eigenvalue weighted by molar-refractivity contribution is 4.99. The molecule has 2 fully saturated rings. The van der Waals surface area contributed by atoms with E-state index in [-0.39, 0.29) is 0 Å². The molecular formula is C8H16N2. The Kier molecular flexibility index (Phi) is 1.46. The van der Waals surface area contributed by atoms with Gasteiger partial charge < -0.3 is 10.6 Å². The van der Waals surface area contributed by atoms with Crippen molar-refractivity contribution in [1.82, 2.24) is 4.90 Å². The summed E-state index contributed by atoms with van der Waals surface area (Å²) in [6, 6.07) is 0.529. The predicted octanol–water partition coefficient (Wildman–Crippen LogP) is 0.285. The predicted molar refractivity (Wildman–Crippen MR) is 41.7 cm³/mol. The van der Waals surface area contributed by atoms with Gasteiger partial charge in [-0.05, 0) is 24.8 Å². The third-order valence-electron chi connectivity index (χ3n) is 3.14. The van der Waals surface area contributed by atoms with Crippen LogP contribution in [-0.4, -0.2) is 30.6 Å². The minimum Gasteiger partial charge on any atom is -0.327 e. The molecule has 1 saturated heterocycles. The smallest absolute Gasteiger partial charge is 0.00857 e. The van der Waals surface area contributed by atoms with Crippen molar-refractivity contribution in [3.05, 3.63) is 0 Å². The van der Waals surface area contributed by atoms with Crippen LogP contribution in [0.2, 0.25) is 0 Å². The molecule has 0 radical (unpaired) electrons. The largest absolute Gasteiger partial charge is 0.327 e. The molecule has 3 unspecified atom stereocenters. The fraction of sp³-hybridized carbons (Fsp3) is 1.00. The van der Waals surface area contributed by atoms with Crippen molar-refractivity contribution >= 4 is 0 Å². The second kappa shape index (κ2) is 2.21. The molecule has 2 nitrogen and oxygen atoms in total. The summed E-state index contributed by atoms with van der Waals surface area (Å²) in [5, 5.41) is 0. The Labute approximate surface area is 62.4 Å². The van der Waals surface area contributed by atoms with Crippen molar-refractivity contribution in [3.63, 3.8) is 0 Å². The quantitative estimate of drug-likeness (QED) is 0.567. The molecule has 0 aromatic carbocycles. The van der Waals surface area contributed by atoms with Gasteiger partial charge in [0.15, 0.2) is 0 Å². The summed E-state index contributed by atoms with van der Waals surface area (Å²) < 4.78 is 0. The van der Waals surface area contributed by atoms with Gasteiger partial charge in [-0.25, -0.2) is 0 Å². The van der Waals surface area contributed by atoms with Crippen LogP contribution in [0.4, 0.5) is 0 Å². The van der Waals surface area contributed by atoms with Crippen LogP contribution in [-0.2, 0) is 0 Å². The molecule has 2 aliphatic rings. The molecule has 1 aliphatic carbocycles. The van der Waals surface area contributed by atoms with Crippen molar-refractivity contribution in [1.29, 1.82) is 0 Å². The topological polar surface area (TPSA) is 29.3 Å². The molecule has 1 saturated carbocycles. The van der Waals surface area contributed by atoms with Crippen LogP contribution >= 0.6 is 0 Å². The zero-order valence-electron chi connectivity index (χ0n) is 6.59.